The van der Waals surface area contributed by atoms with E-state index < -0.39 is 12.1 Å². The van der Waals surface area contributed by atoms with Gasteiger partial charge in [-0.2, -0.15) is 5.10 Å². The molecular weight excluding hydrogens is 237 g/mol. The molecule has 0 aliphatic rings. The molecule has 0 fully saturated rings. The Balaban J connectivity index is 2.21. The standard InChI is InChI=1S/C12H14FN3O2/c1-17-12(18-2)10-9(13)11(16-15-10)14-8-6-4-3-5-7-8/h3-7,12H,1-2H3,(H2,14,15,16). The van der Waals surface area contributed by atoms with Gasteiger partial charge >= 0.3 is 0 Å². The van der Waals surface area contributed by atoms with Gasteiger partial charge in [0.05, 0.1) is 0 Å². The van der Waals surface area contributed by atoms with Crippen molar-refractivity contribution < 1.29 is 13.9 Å². The number of benzene rings is 1. The van der Waals surface area contributed by atoms with Crippen LogP contribution in [0.25, 0.3) is 0 Å². The van der Waals surface area contributed by atoms with E-state index in [-0.39, 0.29) is 11.5 Å². The lowest BCUT2D eigenvalue weighted by molar-refractivity contribution is -0.110. The van der Waals surface area contributed by atoms with E-state index in [1.165, 1.54) is 14.2 Å². The van der Waals surface area contributed by atoms with Gasteiger partial charge in [0.1, 0.15) is 5.69 Å². The number of aromatic nitrogens is 2. The summed E-state index contributed by atoms with van der Waals surface area (Å²) < 4.78 is 24.0. The summed E-state index contributed by atoms with van der Waals surface area (Å²) in [4.78, 5) is 0. The Morgan fingerprint density at radius 3 is 2.50 bits per heavy atom. The number of nitrogens with zero attached hydrogens (tertiary/aromatic N) is 1. The van der Waals surface area contributed by atoms with E-state index in [2.05, 4.69) is 15.5 Å². The Morgan fingerprint density at radius 1 is 1.22 bits per heavy atom. The van der Waals surface area contributed by atoms with E-state index in [0.29, 0.717) is 0 Å². The maximum absolute atomic E-state index is 14.0. The third-order valence-electron chi connectivity index (χ3n) is 2.43. The fraction of sp³-hybridized carbons (Fsp3) is 0.250. The van der Waals surface area contributed by atoms with Gasteiger partial charge in [0.2, 0.25) is 6.29 Å². The van der Waals surface area contributed by atoms with E-state index in [9.17, 15) is 4.39 Å². The minimum Gasteiger partial charge on any atom is -0.350 e. The lowest BCUT2D eigenvalue weighted by Gasteiger charge is -2.10. The molecule has 6 heteroatoms. The summed E-state index contributed by atoms with van der Waals surface area (Å²) in [5.74, 6) is -0.414. The molecule has 96 valence electrons. The van der Waals surface area contributed by atoms with Crippen molar-refractivity contribution in [3.8, 4) is 0 Å². The van der Waals surface area contributed by atoms with E-state index >= 15 is 0 Å². The molecule has 1 aromatic carbocycles. The zero-order valence-electron chi connectivity index (χ0n) is 10.1. The molecule has 0 saturated heterocycles. The summed E-state index contributed by atoms with van der Waals surface area (Å²) in [6, 6.07) is 9.21. The number of aromatic amines is 1. The van der Waals surface area contributed by atoms with Crippen LogP contribution in [0.5, 0.6) is 0 Å². The van der Waals surface area contributed by atoms with Crippen molar-refractivity contribution in [1.29, 1.82) is 0 Å². The Kier molecular flexibility index (Phi) is 3.91. The van der Waals surface area contributed by atoms with Gasteiger partial charge in [-0.3, -0.25) is 5.10 Å². The molecule has 2 rings (SSSR count). The first-order chi connectivity index (χ1) is 8.76. The third-order valence-corrected chi connectivity index (χ3v) is 2.43. The molecule has 2 aromatic rings. The number of ether oxygens (including phenoxy) is 2. The van der Waals surface area contributed by atoms with Crippen molar-refractivity contribution in [3.63, 3.8) is 0 Å². The largest absolute Gasteiger partial charge is 0.350 e. The Hall–Kier alpha value is -1.92. The van der Waals surface area contributed by atoms with Gasteiger partial charge in [-0.25, -0.2) is 4.39 Å². The first-order valence-corrected chi connectivity index (χ1v) is 5.37. The van der Waals surface area contributed by atoms with Crippen molar-refractivity contribution in [1.82, 2.24) is 10.2 Å². The number of para-hydroxylation sites is 1. The summed E-state index contributed by atoms with van der Waals surface area (Å²) in [5, 5.41) is 9.28. The number of halogens is 1. The molecule has 0 unspecified atom stereocenters. The van der Waals surface area contributed by atoms with Gasteiger partial charge < -0.3 is 14.8 Å². The van der Waals surface area contributed by atoms with Crippen LogP contribution in [0.3, 0.4) is 0 Å². The van der Waals surface area contributed by atoms with Crippen LogP contribution in [0.15, 0.2) is 30.3 Å². The zero-order valence-corrected chi connectivity index (χ0v) is 10.1. The van der Waals surface area contributed by atoms with Crippen LogP contribution in [0.1, 0.15) is 12.0 Å². The van der Waals surface area contributed by atoms with Gasteiger partial charge in [0.25, 0.3) is 0 Å². The van der Waals surface area contributed by atoms with E-state index in [1.54, 1.807) is 0 Å². The molecule has 2 N–H and O–H groups in total. The van der Waals surface area contributed by atoms with Crippen molar-refractivity contribution >= 4 is 11.5 Å². The third kappa shape index (κ3) is 2.49. The fourth-order valence-corrected chi connectivity index (χ4v) is 1.57. The number of anilines is 2. The Bertz CT molecular complexity index is 497. The SMILES string of the molecule is COC(OC)c1[nH]nc(Nc2ccccc2)c1F. The van der Waals surface area contributed by atoms with Crippen LogP contribution in [0.4, 0.5) is 15.9 Å². The summed E-state index contributed by atoms with van der Waals surface area (Å²) >= 11 is 0. The number of H-pyrrole nitrogens is 1. The van der Waals surface area contributed by atoms with Crippen LogP contribution < -0.4 is 5.32 Å². The normalized spacial score (nSPS) is 10.9. The highest BCUT2D eigenvalue weighted by molar-refractivity contribution is 5.56. The zero-order chi connectivity index (χ0) is 13.0. The van der Waals surface area contributed by atoms with Crippen LogP contribution in [0, 0.1) is 5.82 Å². The molecule has 0 aliphatic carbocycles. The van der Waals surface area contributed by atoms with Gasteiger partial charge in [-0.15, -0.1) is 0 Å². The van der Waals surface area contributed by atoms with E-state index in [1.807, 2.05) is 30.3 Å². The highest BCUT2D eigenvalue weighted by Crippen LogP contribution is 2.25. The van der Waals surface area contributed by atoms with Crippen LogP contribution in [0.2, 0.25) is 0 Å². The second kappa shape index (κ2) is 5.61. The van der Waals surface area contributed by atoms with Crippen molar-refractivity contribution in [2.24, 2.45) is 0 Å². The number of methoxy groups -OCH3 is 2. The average molecular weight is 251 g/mol. The van der Waals surface area contributed by atoms with Crippen LogP contribution in [-0.4, -0.2) is 24.4 Å². The molecule has 0 amide bonds. The molecule has 0 bridgehead atoms. The minimum absolute atomic E-state index is 0.107. The van der Waals surface area contributed by atoms with E-state index in [4.69, 9.17) is 9.47 Å². The topological polar surface area (TPSA) is 59.2 Å². The number of rotatable bonds is 5. The quantitative estimate of drug-likeness (QED) is 0.802. The molecular formula is C12H14FN3O2. The second-order valence-corrected chi connectivity index (χ2v) is 3.59. The molecule has 5 nitrogen and oxygen atoms in total. The number of hydrogen-bond acceptors (Lipinski definition) is 4. The van der Waals surface area contributed by atoms with E-state index in [0.717, 1.165) is 5.69 Å². The maximum atomic E-state index is 14.0. The maximum Gasteiger partial charge on any atom is 0.203 e. The smallest absolute Gasteiger partial charge is 0.203 e. The first-order valence-electron chi connectivity index (χ1n) is 5.37. The number of nitrogens with one attached hydrogen (secondary N) is 2. The molecule has 18 heavy (non-hydrogen) atoms. The lowest BCUT2D eigenvalue weighted by Crippen LogP contribution is -2.06. The predicted octanol–water partition coefficient (Wildman–Crippen LogP) is 2.58. The fourth-order valence-electron chi connectivity index (χ4n) is 1.57. The van der Waals surface area contributed by atoms with Crippen LogP contribution >= 0.6 is 0 Å². The monoisotopic (exact) mass is 251 g/mol. The summed E-state index contributed by atoms with van der Waals surface area (Å²) in [6.45, 7) is 0. The van der Waals surface area contributed by atoms with Crippen molar-refractivity contribution in [3.05, 3.63) is 41.8 Å². The van der Waals surface area contributed by atoms with Gasteiger partial charge in [0.15, 0.2) is 11.6 Å². The lowest BCUT2D eigenvalue weighted by atomic mass is 10.3. The first kappa shape index (κ1) is 12.5. The minimum atomic E-state index is -0.802. The van der Waals surface area contributed by atoms with Gasteiger partial charge in [0, 0.05) is 19.9 Å². The van der Waals surface area contributed by atoms with Gasteiger partial charge in [-0.05, 0) is 12.1 Å². The second-order valence-electron chi connectivity index (χ2n) is 3.59. The Morgan fingerprint density at radius 2 is 1.89 bits per heavy atom. The van der Waals surface area contributed by atoms with Crippen molar-refractivity contribution in [2.75, 3.05) is 19.5 Å². The molecule has 0 radical (unpaired) electrons. The summed E-state index contributed by atoms with van der Waals surface area (Å²) in [7, 11) is 2.86. The predicted molar refractivity (Wildman–Crippen MR) is 65.0 cm³/mol. The summed E-state index contributed by atoms with van der Waals surface area (Å²) in [6.07, 6.45) is -0.802. The molecule has 0 atom stereocenters. The molecule has 1 aromatic heterocycles. The highest BCUT2D eigenvalue weighted by atomic mass is 19.1. The molecule has 0 spiro atoms. The molecule has 1 heterocycles. The number of hydrogen-bond donors (Lipinski definition) is 2. The van der Waals surface area contributed by atoms with Crippen molar-refractivity contribution in [2.45, 2.75) is 6.29 Å². The van der Waals surface area contributed by atoms with Gasteiger partial charge in [-0.1, -0.05) is 18.2 Å². The molecule has 0 saturated carbocycles. The summed E-state index contributed by atoms with van der Waals surface area (Å²) in [5.41, 5.74) is 0.902. The molecule has 0 aliphatic heterocycles. The van der Waals surface area contributed by atoms with Crippen LogP contribution in [-0.2, 0) is 9.47 Å². The average Bonchev–Trinajstić information content (AvgIpc) is 2.75. The Labute approximate surface area is 104 Å². The highest BCUT2D eigenvalue weighted by Gasteiger charge is 2.21.